The van der Waals surface area contributed by atoms with Crippen LogP contribution in [0.25, 0.3) is 0 Å². The van der Waals surface area contributed by atoms with Crippen molar-refractivity contribution in [3.63, 3.8) is 0 Å². The lowest BCUT2D eigenvalue weighted by Crippen LogP contribution is -2.48. The molecule has 0 spiro atoms. The largest absolute Gasteiger partial charge is 0.378 e. The van der Waals surface area contributed by atoms with Gasteiger partial charge in [-0.1, -0.05) is 0 Å². The molecule has 1 fully saturated rings. The van der Waals surface area contributed by atoms with Gasteiger partial charge in [0.05, 0.1) is 6.61 Å². The van der Waals surface area contributed by atoms with Gasteiger partial charge >= 0.3 is 0 Å². The van der Waals surface area contributed by atoms with Crippen LogP contribution in [-0.4, -0.2) is 65.3 Å². The molecule has 3 N–H and O–H groups in total. The Morgan fingerprint density at radius 3 is 2.78 bits per heavy atom. The molecule has 1 unspecified atom stereocenters. The third kappa shape index (κ3) is 4.15. The van der Waals surface area contributed by atoms with Crippen LogP contribution in [0.4, 0.5) is 0 Å². The van der Waals surface area contributed by atoms with Gasteiger partial charge in [0.2, 0.25) is 0 Å². The van der Waals surface area contributed by atoms with Crippen LogP contribution in [0.3, 0.4) is 0 Å². The zero-order valence-electron chi connectivity index (χ0n) is 11.0. The van der Waals surface area contributed by atoms with Crippen LogP contribution in [0.1, 0.15) is 12.8 Å². The summed E-state index contributed by atoms with van der Waals surface area (Å²) in [6.45, 7) is 2.11. The van der Waals surface area contributed by atoms with Crippen LogP contribution >= 0.6 is 0 Å². The average Bonchev–Trinajstić information content (AvgIpc) is 2.83. The SMILES string of the molecule is COC1(CNS(=O)(=O)N(C)CCCN)CCOC1. The van der Waals surface area contributed by atoms with Crippen LogP contribution < -0.4 is 10.5 Å². The third-order valence-corrected chi connectivity index (χ3v) is 4.68. The van der Waals surface area contributed by atoms with E-state index < -0.39 is 15.8 Å². The van der Waals surface area contributed by atoms with E-state index in [9.17, 15) is 8.42 Å². The summed E-state index contributed by atoms with van der Waals surface area (Å²) in [5.74, 6) is 0. The van der Waals surface area contributed by atoms with Gasteiger partial charge in [0, 0.05) is 40.3 Å². The maximum Gasteiger partial charge on any atom is 0.279 e. The summed E-state index contributed by atoms with van der Waals surface area (Å²) >= 11 is 0. The second-order valence-electron chi connectivity index (χ2n) is 4.48. The van der Waals surface area contributed by atoms with E-state index in [1.807, 2.05) is 0 Å². The first kappa shape index (κ1) is 15.8. The first-order valence-corrected chi connectivity index (χ1v) is 7.44. The molecule has 0 saturated carbocycles. The lowest BCUT2D eigenvalue weighted by molar-refractivity contribution is -0.0122. The molecule has 0 aromatic rings. The molecule has 18 heavy (non-hydrogen) atoms. The maximum atomic E-state index is 11.9. The zero-order chi connectivity index (χ0) is 13.6. The molecule has 108 valence electrons. The molecule has 1 aliphatic rings. The molecule has 1 heterocycles. The highest BCUT2D eigenvalue weighted by Crippen LogP contribution is 2.21. The predicted octanol–water partition coefficient (Wildman–Crippen LogP) is -1.09. The quantitative estimate of drug-likeness (QED) is 0.589. The van der Waals surface area contributed by atoms with Crippen LogP contribution in [0.15, 0.2) is 0 Å². The van der Waals surface area contributed by atoms with Crippen molar-refractivity contribution in [2.45, 2.75) is 18.4 Å². The fourth-order valence-corrected chi connectivity index (χ4v) is 2.76. The van der Waals surface area contributed by atoms with Crippen LogP contribution in [-0.2, 0) is 19.7 Å². The second-order valence-corrected chi connectivity index (χ2v) is 6.34. The molecule has 0 aliphatic carbocycles. The minimum Gasteiger partial charge on any atom is -0.378 e. The molecule has 1 rings (SSSR count). The lowest BCUT2D eigenvalue weighted by atomic mass is 10.0. The Labute approximate surface area is 109 Å². The summed E-state index contributed by atoms with van der Waals surface area (Å²) in [7, 11) is -0.375. The van der Waals surface area contributed by atoms with Crippen molar-refractivity contribution in [3.8, 4) is 0 Å². The summed E-state index contributed by atoms with van der Waals surface area (Å²) in [4.78, 5) is 0. The topological polar surface area (TPSA) is 93.9 Å². The molecule has 8 heteroatoms. The van der Waals surface area contributed by atoms with E-state index in [1.165, 1.54) is 11.4 Å². The molecule has 0 radical (unpaired) electrons. The van der Waals surface area contributed by atoms with Crippen molar-refractivity contribution in [2.75, 3.05) is 47.0 Å². The Bertz CT molecular complexity index is 341. The highest BCUT2D eigenvalue weighted by molar-refractivity contribution is 7.87. The van der Waals surface area contributed by atoms with Gasteiger partial charge < -0.3 is 15.2 Å². The van der Waals surface area contributed by atoms with Gasteiger partial charge in [-0.25, -0.2) is 0 Å². The number of nitrogens with zero attached hydrogens (tertiary/aromatic N) is 1. The number of methoxy groups -OCH3 is 1. The number of hydrogen-bond acceptors (Lipinski definition) is 5. The molecule has 1 saturated heterocycles. The van der Waals surface area contributed by atoms with Crippen molar-refractivity contribution in [3.05, 3.63) is 0 Å². The van der Waals surface area contributed by atoms with Crippen LogP contribution in [0.5, 0.6) is 0 Å². The molecular formula is C10H23N3O4S. The fourth-order valence-electron chi connectivity index (χ4n) is 1.73. The van der Waals surface area contributed by atoms with Gasteiger partial charge in [0.25, 0.3) is 10.2 Å². The molecule has 0 aromatic carbocycles. The first-order chi connectivity index (χ1) is 8.46. The Morgan fingerprint density at radius 1 is 1.56 bits per heavy atom. The minimum absolute atomic E-state index is 0.221. The molecule has 1 atom stereocenters. The molecule has 0 aromatic heterocycles. The van der Waals surface area contributed by atoms with E-state index in [-0.39, 0.29) is 6.54 Å². The monoisotopic (exact) mass is 281 g/mol. The standard InChI is InChI=1S/C10H23N3O4S/c1-13(6-3-5-11)18(14,15)12-8-10(16-2)4-7-17-9-10/h12H,3-9,11H2,1-2H3. The highest BCUT2D eigenvalue weighted by Gasteiger charge is 2.36. The molecular weight excluding hydrogens is 258 g/mol. The van der Waals surface area contributed by atoms with Gasteiger partial charge in [-0.15, -0.1) is 0 Å². The number of rotatable bonds is 8. The maximum absolute atomic E-state index is 11.9. The average molecular weight is 281 g/mol. The number of nitrogens with one attached hydrogen (secondary N) is 1. The highest BCUT2D eigenvalue weighted by atomic mass is 32.2. The Kier molecular flexibility index (Phi) is 5.96. The fraction of sp³-hybridized carbons (Fsp3) is 1.00. The summed E-state index contributed by atoms with van der Waals surface area (Å²) in [5, 5.41) is 0. The zero-order valence-corrected chi connectivity index (χ0v) is 11.8. The first-order valence-electron chi connectivity index (χ1n) is 6.00. The van der Waals surface area contributed by atoms with Crippen molar-refractivity contribution in [1.29, 1.82) is 0 Å². The molecule has 0 amide bonds. The Hall–Kier alpha value is -0.250. The number of ether oxygens (including phenoxy) is 2. The van der Waals surface area contributed by atoms with E-state index >= 15 is 0 Å². The summed E-state index contributed by atoms with van der Waals surface area (Å²) in [6, 6.07) is 0. The lowest BCUT2D eigenvalue weighted by Gasteiger charge is -2.27. The Morgan fingerprint density at radius 2 is 2.28 bits per heavy atom. The smallest absolute Gasteiger partial charge is 0.279 e. The molecule has 1 aliphatic heterocycles. The van der Waals surface area contributed by atoms with E-state index in [0.29, 0.717) is 39.1 Å². The third-order valence-electron chi connectivity index (χ3n) is 3.16. The summed E-state index contributed by atoms with van der Waals surface area (Å²) in [5.41, 5.74) is 4.82. The van der Waals surface area contributed by atoms with Crippen molar-refractivity contribution >= 4 is 10.2 Å². The number of hydrogen-bond donors (Lipinski definition) is 2. The van der Waals surface area contributed by atoms with Crippen molar-refractivity contribution < 1.29 is 17.9 Å². The minimum atomic E-state index is -3.48. The number of nitrogens with two attached hydrogens (primary N) is 1. The van der Waals surface area contributed by atoms with Crippen LogP contribution in [0, 0.1) is 0 Å². The molecule has 0 bridgehead atoms. The van der Waals surface area contributed by atoms with E-state index in [0.717, 1.165) is 0 Å². The van der Waals surface area contributed by atoms with Gasteiger partial charge in [0.1, 0.15) is 5.60 Å². The summed E-state index contributed by atoms with van der Waals surface area (Å²) in [6.07, 6.45) is 1.33. The Balaban J connectivity index is 2.50. The van der Waals surface area contributed by atoms with Crippen LogP contribution in [0.2, 0.25) is 0 Å². The summed E-state index contributed by atoms with van der Waals surface area (Å²) < 4.78 is 38.3. The van der Waals surface area contributed by atoms with Crippen molar-refractivity contribution in [2.24, 2.45) is 5.73 Å². The normalized spacial score (nSPS) is 24.9. The van der Waals surface area contributed by atoms with E-state index in [1.54, 1.807) is 7.11 Å². The second kappa shape index (κ2) is 6.78. The van der Waals surface area contributed by atoms with Gasteiger partial charge in [-0.2, -0.15) is 17.4 Å². The van der Waals surface area contributed by atoms with E-state index in [2.05, 4.69) is 4.72 Å². The molecule has 7 nitrogen and oxygen atoms in total. The van der Waals surface area contributed by atoms with Gasteiger partial charge in [-0.05, 0) is 13.0 Å². The predicted molar refractivity (Wildman–Crippen MR) is 68.4 cm³/mol. The van der Waals surface area contributed by atoms with Gasteiger partial charge in [-0.3, -0.25) is 0 Å². The van der Waals surface area contributed by atoms with Gasteiger partial charge in [0.15, 0.2) is 0 Å². The van der Waals surface area contributed by atoms with Crippen molar-refractivity contribution in [1.82, 2.24) is 9.03 Å². The van der Waals surface area contributed by atoms with E-state index in [4.69, 9.17) is 15.2 Å².